The minimum Gasteiger partial charge on any atom is -0.339 e. The molecule has 0 unspecified atom stereocenters. The van der Waals surface area contributed by atoms with Gasteiger partial charge in [0.15, 0.2) is 0 Å². The summed E-state index contributed by atoms with van der Waals surface area (Å²) in [5.74, 6) is -0.244. The van der Waals surface area contributed by atoms with Crippen molar-refractivity contribution in [2.24, 2.45) is 0 Å². The highest BCUT2D eigenvalue weighted by molar-refractivity contribution is 6.01. The van der Waals surface area contributed by atoms with E-state index in [1.807, 2.05) is 13.8 Å². The number of imide groups is 1. The van der Waals surface area contributed by atoms with Gasteiger partial charge in [0.05, 0.1) is 6.54 Å². The molecule has 112 valence electrons. The quantitative estimate of drug-likeness (QED) is 0.777. The molecule has 1 aromatic rings. The van der Waals surface area contributed by atoms with E-state index < -0.39 is 0 Å². The third-order valence-electron chi connectivity index (χ3n) is 3.75. The average molecular weight is 288 g/mol. The van der Waals surface area contributed by atoms with Crippen LogP contribution in [0.3, 0.4) is 0 Å². The molecule has 3 amide bonds. The van der Waals surface area contributed by atoms with Crippen molar-refractivity contribution in [2.75, 3.05) is 13.1 Å². The topological polar surface area (TPSA) is 57.7 Å². The van der Waals surface area contributed by atoms with Crippen molar-refractivity contribution in [3.8, 4) is 0 Å². The Morgan fingerprint density at radius 3 is 2.05 bits per heavy atom. The van der Waals surface area contributed by atoms with E-state index in [9.17, 15) is 14.4 Å². The van der Waals surface area contributed by atoms with E-state index in [1.165, 1.54) is 4.90 Å². The van der Waals surface area contributed by atoms with Crippen LogP contribution in [0.1, 0.15) is 42.6 Å². The van der Waals surface area contributed by atoms with Crippen LogP contribution in [0.5, 0.6) is 0 Å². The highest BCUT2D eigenvalue weighted by Crippen LogP contribution is 2.16. The van der Waals surface area contributed by atoms with Crippen molar-refractivity contribution in [3.05, 3.63) is 35.4 Å². The molecule has 0 N–H and O–H groups in total. The predicted octanol–water partition coefficient (Wildman–Crippen LogP) is 1.82. The second-order valence-corrected chi connectivity index (χ2v) is 5.05. The van der Waals surface area contributed by atoms with Crippen molar-refractivity contribution < 1.29 is 14.4 Å². The molecule has 0 radical (unpaired) electrons. The fourth-order valence-electron chi connectivity index (χ4n) is 2.43. The number of rotatable bonds is 5. The van der Waals surface area contributed by atoms with Gasteiger partial charge < -0.3 is 4.90 Å². The van der Waals surface area contributed by atoms with E-state index in [0.29, 0.717) is 31.5 Å². The molecule has 0 aromatic heterocycles. The number of hydrogen-bond donors (Lipinski definition) is 0. The van der Waals surface area contributed by atoms with Crippen LogP contribution in [0.25, 0.3) is 0 Å². The van der Waals surface area contributed by atoms with Gasteiger partial charge in [0.1, 0.15) is 0 Å². The molecule has 0 aliphatic carbocycles. The van der Waals surface area contributed by atoms with Gasteiger partial charge in [0.25, 0.3) is 5.91 Å². The maximum Gasteiger partial charge on any atom is 0.253 e. The monoisotopic (exact) mass is 288 g/mol. The number of carbonyl (C=O) groups excluding carboxylic acids is 3. The van der Waals surface area contributed by atoms with Crippen LogP contribution >= 0.6 is 0 Å². The summed E-state index contributed by atoms with van der Waals surface area (Å²) in [4.78, 5) is 38.4. The van der Waals surface area contributed by atoms with E-state index in [-0.39, 0.29) is 24.3 Å². The molecule has 0 atom stereocenters. The number of carbonyl (C=O) groups is 3. The van der Waals surface area contributed by atoms with Gasteiger partial charge in [-0.1, -0.05) is 12.1 Å². The number of benzene rings is 1. The molecule has 1 fully saturated rings. The third-order valence-corrected chi connectivity index (χ3v) is 3.75. The summed E-state index contributed by atoms with van der Waals surface area (Å²) >= 11 is 0. The molecule has 0 bridgehead atoms. The lowest BCUT2D eigenvalue weighted by molar-refractivity contribution is -0.139. The van der Waals surface area contributed by atoms with Crippen molar-refractivity contribution in [1.29, 1.82) is 0 Å². The fraction of sp³-hybridized carbons (Fsp3) is 0.438. The zero-order chi connectivity index (χ0) is 15.4. The first kappa shape index (κ1) is 15.2. The summed E-state index contributed by atoms with van der Waals surface area (Å²) in [5, 5.41) is 0. The van der Waals surface area contributed by atoms with Gasteiger partial charge in [-0.05, 0) is 31.5 Å². The molecule has 0 spiro atoms. The van der Waals surface area contributed by atoms with Gasteiger partial charge in [-0.25, -0.2) is 0 Å². The molecule has 1 aromatic carbocycles. The van der Waals surface area contributed by atoms with E-state index in [2.05, 4.69) is 0 Å². The molecule has 1 aliphatic heterocycles. The van der Waals surface area contributed by atoms with Gasteiger partial charge in [-0.2, -0.15) is 0 Å². The second kappa shape index (κ2) is 6.52. The standard InChI is InChI=1S/C16H20N2O3/c1-3-17(4-2)16(21)13-7-5-12(6-8-13)11-18-14(19)9-10-15(18)20/h5-8H,3-4,9-11H2,1-2H3. The van der Waals surface area contributed by atoms with Crippen LogP contribution < -0.4 is 0 Å². The first-order chi connectivity index (χ1) is 10.1. The summed E-state index contributed by atoms with van der Waals surface area (Å²) in [5.41, 5.74) is 1.48. The average Bonchev–Trinajstić information content (AvgIpc) is 2.81. The van der Waals surface area contributed by atoms with Gasteiger partial charge >= 0.3 is 0 Å². The number of nitrogens with zero attached hydrogens (tertiary/aromatic N) is 2. The van der Waals surface area contributed by atoms with E-state index in [0.717, 1.165) is 5.56 Å². The molecule has 21 heavy (non-hydrogen) atoms. The zero-order valence-electron chi connectivity index (χ0n) is 12.5. The Labute approximate surface area is 124 Å². The zero-order valence-corrected chi connectivity index (χ0v) is 12.5. The first-order valence-corrected chi connectivity index (χ1v) is 7.28. The smallest absolute Gasteiger partial charge is 0.253 e. The summed E-state index contributed by atoms with van der Waals surface area (Å²) < 4.78 is 0. The van der Waals surface area contributed by atoms with E-state index in [1.54, 1.807) is 29.2 Å². The molecule has 1 heterocycles. The van der Waals surface area contributed by atoms with Crippen molar-refractivity contribution >= 4 is 17.7 Å². The van der Waals surface area contributed by atoms with Crippen LogP contribution in [0.4, 0.5) is 0 Å². The Hall–Kier alpha value is -2.17. The molecule has 2 rings (SSSR count). The van der Waals surface area contributed by atoms with Crippen LogP contribution in [-0.2, 0) is 16.1 Å². The van der Waals surface area contributed by atoms with Crippen LogP contribution in [-0.4, -0.2) is 40.6 Å². The van der Waals surface area contributed by atoms with Crippen LogP contribution in [0.2, 0.25) is 0 Å². The molecular formula is C16H20N2O3. The lowest BCUT2D eigenvalue weighted by atomic mass is 10.1. The maximum atomic E-state index is 12.2. The number of hydrogen-bond acceptors (Lipinski definition) is 3. The van der Waals surface area contributed by atoms with Gasteiger partial charge in [0.2, 0.25) is 11.8 Å². The lowest BCUT2D eigenvalue weighted by Crippen LogP contribution is -2.30. The molecule has 0 saturated carbocycles. The normalized spacial score (nSPS) is 14.7. The Bertz CT molecular complexity index is 531. The van der Waals surface area contributed by atoms with Gasteiger partial charge in [-0.3, -0.25) is 19.3 Å². The fourth-order valence-corrected chi connectivity index (χ4v) is 2.43. The summed E-state index contributed by atoms with van der Waals surface area (Å²) in [6.45, 7) is 5.53. The predicted molar refractivity (Wildman–Crippen MR) is 78.5 cm³/mol. The lowest BCUT2D eigenvalue weighted by Gasteiger charge is -2.19. The molecule has 1 aliphatic rings. The first-order valence-electron chi connectivity index (χ1n) is 7.28. The highest BCUT2D eigenvalue weighted by atomic mass is 16.2. The van der Waals surface area contributed by atoms with E-state index in [4.69, 9.17) is 0 Å². The SMILES string of the molecule is CCN(CC)C(=O)c1ccc(CN2C(=O)CCC2=O)cc1. The van der Waals surface area contributed by atoms with E-state index >= 15 is 0 Å². The minimum atomic E-state index is -0.122. The highest BCUT2D eigenvalue weighted by Gasteiger charge is 2.28. The molecule has 5 heteroatoms. The van der Waals surface area contributed by atoms with Crippen molar-refractivity contribution in [1.82, 2.24) is 9.80 Å². The molecule has 1 saturated heterocycles. The number of likely N-dealkylation sites (tertiary alicyclic amines) is 1. The third kappa shape index (κ3) is 3.29. The van der Waals surface area contributed by atoms with Crippen LogP contribution in [0.15, 0.2) is 24.3 Å². The second-order valence-electron chi connectivity index (χ2n) is 5.05. The Kier molecular flexibility index (Phi) is 4.73. The van der Waals surface area contributed by atoms with Gasteiger partial charge in [-0.15, -0.1) is 0 Å². The summed E-state index contributed by atoms with van der Waals surface area (Å²) in [7, 11) is 0. The molecule has 5 nitrogen and oxygen atoms in total. The number of amides is 3. The van der Waals surface area contributed by atoms with Crippen molar-refractivity contribution in [2.45, 2.75) is 33.2 Å². The largest absolute Gasteiger partial charge is 0.339 e. The molecular weight excluding hydrogens is 268 g/mol. The summed E-state index contributed by atoms with van der Waals surface area (Å²) in [6, 6.07) is 7.10. The Morgan fingerprint density at radius 2 is 1.57 bits per heavy atom. The minimum absolute atomic E-state index is 0.000115. The Balaban J connectivity index is 2.07. The summed E-state index contributed by atoms with van der Waals surface area (Å²) in [6.07, 6.45) is 0.606. The van der Waals surface area contributed by atoms with Crippen molar-refractivity contribution in [3.63, 3.8) is 0 Å². The van der Waals surface area contributed by atoms with Gasteiger partial charge in [0, 0.05) is 31.5 Å². The van der Waals surface area contributed by atoms with Crippen LogP contribution in [0, 0.1) is 0 Å². The Morgan fingerprint density at radius 1 is 1.05 bits per heavy atom. The maximum absolute atomic E-state index is 12.2.